The van der Waals surface area contributed by atoms with E-state index in [1.54, 1.807) is 0 Å². The summed E-state index contributed by atoms with van der Waals surface area (Å²) < 4.78 is 0.736. The highest BCUT2D eigenvalue weighted by molar-refractivity contribution is 7.99. The molecular weight excluding hydrogens is 252 g/mol. The van der Waals surface area contributed by atoms with E-state index < -0.39 is 0 Å². The molecule has 0 spiro atoms. The minimum absolute atomic E-state index is 0.00650. The van der Waals surface area contributed by atoms with Gasteiger partial charge in [0, 0.05) is 5.25 Å². The van der Waals surface area contributed by atoms with E-state index in [9.17, 15) is 4.79 Å². The number of rotatable bonds is 3. The van der Waals surface area contributed by atoms with Gasteiger partial charge < -0.3 is 4.98 Å². The summed E-state index contributed by atoms with van der Waals surface area (Å²) in [6.07, 6.45) is 5.33. The van der Waals surface area contributed by atoms with Gasteiger partial charge in [0.15, 0.2) is 0 Å². The number of H-pyrrole nitrogens is 1. The third-order valence-electron chi connectivity index (χ3n) is 3.12. The van der Waals surface area contributed by atoms with Crippen LogP contribution >= 0.6 is 23.1 Å². The lowest BCUT2D eigenvalue weighted by atomic mass is 10.4. The van der Waals surface area contributed by atoms with Gasteiger partial charge in [0.05, 0.1) is 11.3 Å². The fourth-order valence-electron chi connectivity index (χ4n) is 2.24. The standard InChI is InChI=1S/C12H14N2OS2/c15-12-11-9(5-6-16-11)13-10(14-12)7-17-8-3-1-2-4-8/h5-6,8H,1-4,7H2,(H,13,14,15). The van der Waals surface area contributed by atoms with Crippen LogP contribution in [0.15, 0.2) is 16.2 Å². The third-order valence-corrected chi connectivity index (χ3v) is 5.41. The summed E-state index contributed by atoms with van der Waals surface area (Å²) in [7, 11) is 0. The molecule has 1 fully saturated rings. The number of nitrogens with one attached hydrogen (secondary N) is 1. The molecule has 0 bridgehead atoms. The van der Waals surface area contributed by atoms with Crippen molar-refractivity contribution in [2.24, 2.45) is 0 Å². The van der Waals surface area contributed by atoms with E-state index in [1.165, 1.54) is 37.0 Å². The highest BCUT2D eigenvalue weighted by Gasteiger charge is 2.16. The molecule has 1 saturated carbocycles. The summed E-state index contributed by atoms with van der Waals surface area (Å²) in [6, 6.07) is 1.92. The number of hydrogen-bond donors (Lipinski definition) is 1. The Morgan fingerprint density at radius 1 is 1.47 bits per heavy atom. The SMILES string of the molecule is O=c1[nH]c(CSC2CCCC2)nc2ccsc12. The molecule has 90 valence electrons. The molecule has 1 N–H and O–H groups in total. The first-order valence-electron chi connectivity index (χ1n) is 5.91. The zero-order chi connectivity index (χ0) is 11.7. The molecule has 0 atom stereocenters. The van der Waals surface area contributed by atoms with Crippen molar-refractivity contribution in [1.29, 1.82) is 0 Å². The van der Waals surface area contributed by atoms with E-state index in [0.29, 0.717) is 0 Å². The van der Waals surface area contributed by atoms with Gasteiger partial charge in [-0.25, -0.2) is 4.98 Å². The van der Waals surface area contributed by atoms with Gasteiger partial charge in [0.25, 0.3) is 5.56 Å². The highest BCUT2D eigenvalue weighted by Crippen LogP contribution is 2.31. The molecule has 17 heavy (non-hydrogen) atoms. The van der Waals surface area contributed by atoms with Crippen LogP contribution in [0.4, 0.5) is 0 Å². The largest absolute Gasteiger partial charge is 0.309 e. The fourth-order valence-corrected chi connectivity index (χ4v) is 4.16. The number of aromatic nitrogens is 2. The minimum atomic E-state index is 0.00650. The van der Waals surface area contributed by atoms with Crippen molar-refractivity contribution in [3.63, 3.8) is 0 Å². The second-order valence-corrected chi connectivity index (χ2v) is 6.57. The molecule has 1 aliphatic rings. The Labute approximate surface area is 108 Å². The third kappa shape index (κ3) is 2.40. The summed E-state index contributed by atoms with van der Waals surface area (Å²) in [6.45, 7) is 0. The van der Waals surface area contributed by atoms with Crippen LogP contribution in [0.2, 0.25) is 0 Å². The average molecular weight is 266 g/mol. The topological polar surface area (TPSA) is 45.8 Å². The smallest absolute Gasteiger partial charge is 0.268 e. The summed E-state index contributed by atoms with van der Waals surface area (Å²) in [4.78, 5) is 19.1. The van der Waals surface area contributed by atoms with Crippen LogP contribution in [-0.2, 0) is 5.75 Å². The molecular formula is C12H14N2OS2. The Balaban J connectivity index is 1.78. The monoisotopic (exact) mass is 266 g/mol. The lowest BCUT2D eigenvalue weighted by molar-refractivity contribution is 0.886. The predicted molar refractivity (Wildman–Crippen MR) is 73.8 cm³/mol. The van der Waals surface area contributed by atoms with Crippen LogP contribution in [0.3, 0.4) is 0 Å². The van der Waals surface area contributed by atoms with E-state index in [-0.39, 0.29) is 5.56 Å². The second kappa shape index (κ2) is 4.82. The molecule has 0 radical (unpaired) electrons. The van der Waals surface area contributed by atoms with E-state index >= 15 is 0 Å². The lowest BCUT2D eigenvalue weighted by Gasteiger charge is -2.07. The van der Waals surface area contributed by atoms with Crippen molar-refractivity contribution in [2.45, 2.75) is 36.7 Å². The number of thiophene rings is 1. The average Bonchev–Trinajstić information content (AvgIpc) is 2.97. The van der Waals surface area contributed by atoms with Gasteiger partial charge in [0.1, 0.15) is 10.5 Å². The Hall–Kier alpha value is -0.810. The Morgan fingerprint density at radius 2 is 2.29 bits per heavy atom. The zero-order valence-corrected chi connectivity index (χ0v) is 11.1. The van der Waals surface area contributed by atoms with Crippen molar-refractivity contribution in [2.75, 3.05) is 0 Å². The number of nitrogens with zero attached hydrogens (tertiary/aromatic N) is 1. The molecule has 2 aromatic rings. The van der Waals surface area contributed by atoms with Gasteiger partial charge in [-0.1, -0.05) is 12.8 Å². The van der Waals surface area contributed by atoms with E-state index in [1.807, 2.05) is 23.2 Å². The normalized spacial score (nSPS) is 16.9. The summed E-state index contributed by atoms with van der Waals surface area (Å²) in [5.41, 5.74) is 0.841. The van der Waals surface area contributed by atoms with Crippen molar-refractivity contribution in [1.82, 2.24) is 9.97 Å². The molecule has 2 heterocycles. The number of fused-ring (bicyclic) bond motifs is 1. The van der Waals surface area contributed by atoms with Crippen molar-refractivity contribution in [3.8, 4) is 0 Å². The van der Waals surface area contributed by atoms with Crippen molar-refractivity contribution in [3.05, 3.63) is 27.6 Å². The Bertz CT molecular complexity index is 569. The van der Waals surface area contributed by atoms with Crippen LogP contribution in [0, 0.1) is 0 Å². The molecule has 0 unspecified atom stereocenters. The molecule has 0 aromatic carbocycles. The number of aromatic amines is 1. The van der Waals surface area contributed by atoms with Crippen molar-refractivity contribution >= 4 is 33.3 Å². The molecule has 2 aromatic heterocycles. The molecule has 0 saturated heterocycles. The number of hydrogen-bond acceptors (Lipinski definition) is 4. The van der Waals surface area contributed by atoms with Gasteiger partial charge in [-0.05, 0) is 24.3 Å². The fraction of sp³-hybridized carbons (Fsp3) is 0.500. The maximum Gasteiger partial charge on any atom is 0.268 e. The zero-order valence-electron chi connectivity index (χ0n) is 9.44. The maximum atomic E-state index is 11.8. The lowest BCUT2D eigenvalue weighted by Crippen LogP contribution is -2.10. The molecule has 0 aliphatic heterocycles. The van der Waals surface area contributed by atoms with Crippen LogP contribution in [0.1, 0.15) is 31.5 Å². The molecule has 3 nitrogen and oxygen atoms in total. The van der Waals surface area contributed by atoms with Crippen LogP contribution in [-0.4, -0.2) is 15.2 Å². The van der Waals surface area contributed by atoms with E-state index in [4.69, 9.17) is 0 Å². The maximum absolute atomic E-state index is 11.8. The van der Waals surface area contributed by atoms with Gasteiger partial charge in [-0.15, -0.1) is 11.3 Å². The molecule has 1 aliphatic carbocycles. The summed E-state index contributed by atoms with van der Waals surface area (Å²) >= 11 is 3.38. The molecule has 0 amide bonds. The summed E-state index contributed by atoms with van der Waals surface area (Å²) in [5.74, 6) is 1.64. The van der Waals surface area contributed by atoms with Gasteiger partial charge in [-0.2, -0.15) is 11.8 Å². The first-order valence-corrected chi connectivity index (χ1v) is 7.84. The number of thioether (sulfide) groups is 1. The van der Waals surface area contributed by atoms with E-state index in [0.717, 1.165) is 27.0 Å². The first-order chi connectivity index (χ1) is 8.33. The summed E-state index contributed by atoms with van der Waals surface area (Å²) in [5, 5.41) is 2.68. The van der Waals surface area contributed by atoms with Crippen LogP contribution in [0.5, 0.6) is 0 Å². The Morgan fingerprint density at radius 3 is 3.12 bits per heavy atom. The van der Waals surface area contributed by atoms with Crippen molar-refractivity contribution < 1.29 is 0 Å². The van der Waals surface area contributed by atoms with E-state index in [2.05, 4.69) is 9.97 Å². The van der Waals surface area contributed by atoms with Crippen LogP contribution < -0.4 is 5.56 Å². The van der Waals surface area contributed by atoms with Gasteiger partial charge in [-0.3, -0.25) is 4.79 Å². The second-order valence-electron chi connectivity index (χ2n) is 4.37. The minimum Gasteiger partial charge on any atom is -0.309 e. The Kier molecular flexibility index (Phi) is 3.20. The first kappa shape index (κ1) is 11.3. The molecule has 3 rings (SSSR count). The predicted octanol–water partition coefficient (Wildman–Crippen LogP) is 3.16. The molecule has 5 heteroatoms. The van der Waals surface area contributed by atoms with Gasteiger partial charge >= 0.3 is 0 Å². The van der Waals surface area contributed by atoms with Crippen LogP contribution in [0.25, 0.3) is 10.2 Å². The quantitative estimate of drug-likeness (QED) is 0.928. The van der Waals surface area contributed by atoms with Gasteiger partial charge in [0.2, 0.25) is 0 Å². The highest BCUT2D eigenvalue weighted by atomic mass is 32.2.